The molecule has 68 valence electrons. The van der Waals surface area contributed by atoms with Crippen LogP contribution < -0.4 is 5.73 Å². The monoisotopic (exact) mass is 171 g/mol. The van der Waals surface area contributed by atoms with E-state index in [-0.39, 0.29) is 6.61 Å². The number of anilines is 1. The van der Waals surface area contributed by atoms with E-state index < -0.39 is 0 Å². The van der Waals surface area contributed by atoms with Gasteiger partial charge in [-0.3, -0.25) is 0 Å². The third-order valence-corrected chi connectivity index (χ3v) is 1.46. The number of aliphatic hydroxyl groups is 1. The molecule has 0 bridgehead atoms. The van der Waals surface area contributed by atoms with E-state index in [0.29, 0.717) is 25.7 Å². The van der Waals surface area contributed by atoms with Crippen LogP contribution in [0.1, 0.15) is 0 Å². The zero-order valence-corrected chi connectivity index (χ0v) is 6.81. The highest BCUT2D eigenvalue weighted by Gasteiger charge is 1.95. The smallest absolute Gasteiger partial charge is 0.200 e. The van der Waals surface area contributed by atoms with Crippen LogP contribution in [0.2, 0.25) is 0 Å². The van der Waals surface area contributed by atoms with E-state index in [1.54, 1.807) is 17.0 Å². The van der Waals surface area contributed by atoms with E-state index >= 15 is 0 Å². The predicted octanol–water partition coefficient (Wildman–Crippen LogP) is -0.526. The second kappa shape index (κ2) is 4.74. The fourth-order valence-electron chi connectivity index (χ4n) is 0.859. The minimum Gasteiger partial charge on any atom is -0.394 e. The molecule has 1 rings (SSSR count). The Morgan fingerprint density at radius 3 is 3.00 bits per heavy atom. The predicted molar refractivity (Wildman–Crippen MR) is 44.5 cm³/mol. The Balaban J connectivity index is 2.20. The van der Waals surface area contributed by atoms with Crippen molar-refractivity contribution in [1.82, 2.24) is 9.55 Å². The van der Waals surface area contributed by atoms with Crippen molar-refractivity contribution in [2.45, 2.75) is 6.54 Å². The molecule has 5 nitrogen and oxygen atoms in total. The van der Waals surface area contributed by atoms with Gasteiger partial charge in [0.1, 0.15) is 0 Å². The Morgan fingerprint density at radius 2 is 2.42 bits per heavy atom. The van der Waals surface area contributed by atoms with Gasteiger partial charge in [-0.2, -0.15) is 0 Å². The van der Waals surface area contributed by atoms with Gasteiger partial charge >= 0.3 is 0 Å². The van der Waals surface area contributed by atoms with E-state index in [1.165, 1.54) is 0 Å². The van der Waals surface area contributed by atoms with E-state index in [9.17, 15) is 0 Å². The molecule has 0 saturated carbocycles. The van der Waals surface area contributed by atoms with Gasteiger partial charge in [0, 0.05) is 18.9 Å². The normalized spacial score (nSPS) is 10.4. The number of hydrogen-bond donors (Lipinski definition) is 2. The maximum absolute atomic E-state index is 8.41. The standard InChI is InChI=1S/C7H13N3O2/c8-7-9-1-2-10(7)3-5-12-6-4-11/h1-2,11H,3-6H2,(H2,8,9). The van der Waals surface area contributed by atoms with Crippen LogP contribution in [-0.4, -0.2) is 34.5 Å². The number of nitrogens with two attached hydrogens (primary N) is 1. The van der Waals surface area contributed by atoms with E-state index in [4.69, 9.17) is 15.6 Å². The Hall–Kier alpha value is -1.07. The molecule has 3 N–H and O–H groups in total. The molecular formula is C7H13N3O2. The summed E-state index contributed by atoms with van der Waals surface area (Å²) in [6.07, 6.45) is 3.43. The van der Waals surface area contributed by atoms with Gasteiger partial charge in [-0.05, 0) is 0 Å². The van der Waals surface area contributed by atoms with E-state index in [0.717, 1.165) is 0 Å². The number of ether oxygens (including phenoxy) is 1. The van der Waals surface area contributed by atoms with Gasteiger partial charge in [-0.15, -0.1) is 0 Å². The largest absolute Gasteiger partial charge is 0.394 e. The summed E-state index contributed by atoms with van der Waals surface area (Å²) in [6.45, 7) is 1.64. The molecule has 0 unspecified atom stereocenters. The highest BCUT2D eigenvalue weighted by atomic mass is 16.5. The molecule has 0 fully saturated rings. The second-order valence-electron chi connectivity index (χ2n) is 2.31. The van der Waals surface area contributed by atoms with Crippen LogP contribution in [0.4, 0.5) is 5.95 Å². The van der Waals surface area contributed by atoms with Crippen molar-refractivity contribution in [2.24, 2.45) is 0 Å². The van der Waals surface area contributed by atoms with Gasteiger partial charge in [-0.1, -0.05) is 0 Å². The lowest BCUT2D eigenvalue weighted by Gasteiger charge is -2.04. The van der Waals surface area contributed by atoms with Gasteiger partial charge in [0.15, 0.2) is 5.95 Å². The fraction of sp³-hybridized carbons (Fsp3) is 0.571. The molecule has 1 heterocycles. The number of rotatable bonds is 5. The van der Waals surface area contributed by atoms with Gasteiger partial charge in [0.2, 0.25) is 0 Å². The minimum absolute atomic E-state index is 0.0550. The number of aromatic nitrogens is 2. The first-order valence-corrected chi connectivity index (χ1v) is 3.80. The molecule has 0 radical (unpaired) electrons. The molecule has 0 saturated heterocycles. The van der Waals surface area contributed by atoms with Crippen molar-refractivity contribution in [3.05, 3.63) is 12.4 Å². The second-order valence-corrected chi connectivity index (χ2v) is 2.31. The zero-order chi connectivity index (χ0) is 8.81. The molecule has 1 aromatic heterocycles. The zero-order valence-electron chi connectivity index (χ0n) is 6.81. The average molecular weight is 171 g/mol. The molecule has 12 heavy (non-hydrogen) atoms. The Bertz CT molecular complexity index is 224. The molecule has 0 amide bonds. The SMILES string of the molecule is Nc1nccn1CCOCCO. The summed E-state index contributed by atoms with van der Waals surface area (Å²) >= 11 is 0. The van der Waals surface area contributed by atoms with Crippen LogP contribution in [0.3, 0.4) is 0 Å². The van der Waals surface area contributed by atoms with Crippen molar-refractivity contribution in [2.75, 3.05) is 25.6 Å². The van der Waals surface area contributed by atoms with Crippen molar-refractivity contribution in [3.8, 4) is 0 Å². The summed E-state index contributed by atoms with van der Waals surface area (Å²) < 4.78 is 6.85. The third kappa shape index (κ3) is 2.52. The van der Waals surface area contributed by atoms with Crippen LogP contribution in [0.25, 0.3) is 0 Å². The number of nitrogen functional groups attached to an aromatic ring is 1. The molecule has 0 aliphatic rings. The van der Waals surface area contributed by atoms with Crippen molar-refractivity contribution < 1.29 is 9.84 Å². The van der Waals surface area contributed by atoms with Gasteiger partial charge in [0.25, 0.3) is 0 Å². The maximum Gasteiger partial charge on any atom is 0.200 e. The highest BCUT2D eigenvalue weighted by molar-refractivity contribution is 5.16. The summed E-state index contributed by atoms with van der Waals surface area (Å²) in [5.74, 6) is 0.489. The topological polar surface area (TPSA) is 73.3 Å². The summed E-state index contributed by atoms with van der Waals surface area (Å²) in [6, 6.07) is 0. The lowest BCUT2D eigenvalue weighted by Crippen LogP contribution is -2.09. The lowest BCUT2D eigenvalue weighted by atomic mass is 10.6. The molecule has 0 aromatic carbocycles. The van der Waals surface area contributed by atoms with Crippen molar-refractivity contribution in [3.63, 3.8) is 0 Å². The first-order valence-electron chi connectivity index (χ1n) is 3.80. The van der Waals surface area contributed by atoms with Crippen molar-refractivity contribution >= 4 is 5.95 Å². The highest BCUT2D eigenvalue weighted by Crippen LogP contribution is 1.97. The van der Waals surface area contributed by atoms with Crippen LogP contribution in [-0.2, 0) is 11.3 Å². The fourth-order valence-corrected chi connectivity index (χ4v) is 0.859. The van der Waals surface area contributed by atoms with E-state index in [2.05, 4.69) is 4.98 Å². The maximum atomic E-state index is 8.41. The first kappa shape index (κ1) is 9.02. The summed E-state index contributed by atoms with van der Waals surface area (Å²) in [5.41, 5.74) is 5.50. The van der Waals surface area contributed by atoms with Crippen LogP contribution in [0.5, 0.6) is 0 Å². The van der Waals surface area contributed by atoms with Crippen LogP contribution in [0, 0.1) is 0 Å². The third-order valence-electron chi connectivity index (χ3n) is 1.46. The molecule has 0 atom stereocenters. The van der Waals surface area contributed by atoms with Gasteiger partial charge in [-0.25, -0.2) is 4.98 Å². The Labute approximate surface area is 70.8 Å². The Kier molecular flexibility index (Phi) is 3.56. The summed E-state index contributed by atoms with van der Waals surface area (Å²) in [7, 11) is 0. The van der Waals surface area contributed by atoms with Crippen LogP contribution >= 0.6 is 0 Å². The van der Waals surface area contributed by atoms with Crippen LogP contribution in [0.15, 0.2) is 12.4 Å². The van der Waals surface area contributed by atoms with Gasteiger partial charge in [0.05, 0.1) is 19.8 Å². The summed E-state index contributed by atoms with van der Waals surface area (Å²) in [4.78, 5) is 3.85. The molecular weight excluding hydrogens is 158 g/mol. The minimum atomic E-state index is 0.0550. The molecule has 0 aliphatic carbocycles. The molecule has 0 aliphatic heterocycles. The van der Waals surface area contributed by atoms with Gasteiger partial charge < -0.3 is 20.1 Å². The van der Waals surface area contributed by atoms with Crippen molar-refractivity contribution in [1.29, 1.82) is 0 Å². The summed E-state index contributed by atoms with van der Waals surface area (Å²) in [5, 5.41) is 8.41. The number of imidazole rings is 1. The molecule has 0 spiro atoms. The lowest BCUT2D eigenvalue weighted by molar-refractivity contribution is 0.0872. The quantitative estimate of drug-likeness (QED) is 0.584. The number of hydrogen-bond acceptors (Lipinski definition) is 4. The number of nitrogens with zero attached hydrogens (tertiary/aromatic N) is 2. The Morgan fingerprint density at radius 1 is 1.58 bits per heavy atom. The molecule has 1 aromatic rings. The van der Waals surface area contributed by atoms with E-state index in [1.807, 2.05) is 0 Å². The number of aliphatic hydroxyl groups excluding tert-OH is 1. The first-order chi connectivity index (χ1) is 5.84. The average Bonchev–Trinajstić information content (AvgIpc) is 2.46. The molecule has 5 heteroatoms.